The third-order valence-electron chi connectivity index (χ3n) is 4.15. The predicted molar refractivity (Wildman–Crippen MR) is 112 cm³/mol. The normalized spacial score (nSPS) is 11.7. The molecule has 0 aliphatic rings. The molecule has 0 bridgehead atoms. The molecule has 0 aliphatic heterocycles. The van der Waals surface area contributed by atoms with Gasteiger partial charge < -0.3 is 14.8 Å². The lowest BCUT2D eigenvalue weighted by molar-refractivity contribution is -0.129. The molecule has 0 heterocycles. The van der Waals surface area contributed by atoms with Crippen molar-refractivity contribution in [1.29, 1.82) is 0 Å². The monoisotopic (exact) mass is 401 g/mol. The van der Waals surface area contributed by atoms with Crippen LogP contribution in [-0.4, -0.2) is 38.2 Å². The van der Waals surface area contributed by atoms with Crippen LogP contribution in [0.15, 0.2) is 47.4 Å². The molecule has 0 aromatic heterocycles. The van der Waals surface area contributed by atoms with E-state index < -0.39 is 12.1 Å². The molecule has 1 atom stereocenters. The fraction of sp³-hybridized carbons (Fsp3) is 0.364. The summed E-state index contributed by atoms with van der Waals surface area (Å²) in [5.74, 6) is -0.0994. The number of aryl methyl sites for hydroxylation is 2. The lowest BCUT2D eigenvalue weighted by atomic mass is 10.1. The average Bonchev–Trinajstić information content (AvgIpc) is 2.67. The Hall–Kier alpha value is -2.31. The standard InChI is InChI=1S/C22H27NO4S/c1-15-8-9-20(16(2)12-15)28-14-18-6-5-7-19(13-18)22(25)27-17(3)21(24)23-10-11-26-4/h5-9,12-13,17H,10-11,14H2,1-4H3,(H,23,24)/t17-/m1/s1. The van der Waals surface area contributed by atoms with Crippen LogP contribution in [-0.2, 0) is 20.0 Å². The van der Waals surface area contributed by atoms with Gasteiger partial charge in [0.1, 0.15) is 0 Å². The van der Waals surface area contributed by atoms with E-state index in [0.29, 0.717) is 18.7 Å². The molecular formula is C22H27NO4S. The summed E-state index contributed by atoms with van der Waals surface area (Å²) >= 11 is 1.73. The Labute approximate surface area is 170 Å². The smallest absolute Gasteiger partial charge is 0.338 e. The van der Waals surface area contributed by atoms with Gasteiger partial charge >= 0.3 is 5.97 Å². The Kier molecular flexibility index (Phi) is 8.54. The second-order valence-electron chi connectivity index (χ2n) is 6.59. The molecule has 2 aromatic rings. The first-order valence-corrected chi connectivity index (χ1v) is 10.2. The minimum Gasteiger partial charge on any atom is -0.449 e. The van der Waals surface area contributed by atoms with Crippen LogP contribution in [0.25, 0.3) is 0 Å². The zero-order valence-electron chi connectivity index (χ0n) is 16.8. The number of thioether (sulfide) groups is 1. The number of benzene rings is 2. The van der Waals surface area contributed by atoms with Crippen LogP contribution in [0.2, 0.25) is 0 Å². The van der Waals surface area contributed by atoms with Crippen molar-refractivity contribution in [2.24, 2.45) is 0 Å². The van der Waals surface area contributed by atoms with Crippen molar-refractivity contribution in [2.75, 3.05) is 20.3 Å². The van der Waals surface area contributed by atoms with Crippen LogP contribution in [0.3, 0.4) is 0 Å². The number of ether oxygens (including phenoxy) is 2. The molecule has 0 radical (unpaired) electrons. The Balaban J connectivity index is 1.94. The maximum Gasteiger partial charge on any atom is 0.338 e. The summed E-state index contributed by atoms with van der Waals surface area (Å²) in [4.78, 5) is 25.5. The quantitative estimate of drug-likeness (QED) is 0.392. The zero-order valence-corrected chi connectivity index (χ0v) is 17.6. The number of rotatable bonds is 9. The molecular weight excluding hydrogens is 374 g/mol. The van der Waals surface area contributed by atoms with Gasteiger partial charge in [0, 0.05) is 24.3 Å². The van der Waals surface area contributed by atoms with E-state index in [1.165, 1.54) is 16.0 Å². The molecule has 28 heavy (non-hydrogen) atoms. The number of nitrogens with one attached hydrogen (secondary N) is 1. The largest absolute Gasteiger partial charge is 0.449 e. The third kappa shape index (κ3) is 6.69. The summed E-state index contributed by atoms with van der Waals surface area (Å²) in [5.41, 5.74) is 3.95. The second kappa shape index (κ2) is 10.9. The minimum absolute atomic E-state index is 0.341. The SMILES string of the molecule is COCCNC(=O)[C@@H](C)OC(=O)c1cccc(CSc2ccc(C)cc2C)c1. The van der Waals surface area contributed by atoms with Crippen molar-refractivity contribution in [1.82, 2.24) is 5.32 Å². The second-order valence-corrected chi connectivity index (χ2v) is 7.61. The highest BCUT2D eigenvalue weighted by molar-refractivity contribution is 7.98. The van der Waals surface area contributed by atoms with Gasteiger partial charge in [0.05, 0.1) is 12.2 Å². The van der Waals surface area contributed by atoms with Crippen LogP contribution in [0.5, 0.6) is 0 Å². The van der Waals surface area contributed by atoms with Crippen LogP contribution < -0.4 is 5.32 Å². The van der Waals surface area contributed by atoms with E-state index >= 15 is 0 Å². The maximum absolute atomic E-state index is 12.4. The Morgan fingerprint density at radius 3 is 2.64 bits per heavy atom. The molecule has 0 saturated heterocycles. The molecule has 0 spiro atoms. The van der Waals surface area contributed by atoms with E-state index in [0.717, 1.165) is 11.3 Å². The molecule has 0 fully saturated rings. The van der Waals surface area contributed by atoms with Gasteiger partial charge in [0.2, 0.25) is 0 Å². The highest BCUT2D eigenvalue weighted by Crippen LogP contribution is 2.27. The minimum atomic E-state index is -0.863. The van der Waals surface area contributed by atoms with Crippen molar-refractivity contribution >= 4 is 23.6 Å². The fourth-order valence-electron chi connectivity index (χ4n) is 2.61. The lowest BCUT2D eigenvalue weighted by Crippen LogP contribution is -2.37. The van der Waals surface area contributed by atoms with Crippen molar-refractivity contribution < 1.29 is 19.1 Å². The first-order valence-electron chi connectivity index (χ1n) is 9.17. The topological polar surface area (TPSA) is 64.6 Å². The number of esters is 1. The highest BCUT2D eigenvalue weighted by atomic mass is 32.2. The number of amides is 1. The van der Waals surface area contributed by atoms with E-state index in [-0.39, 0.29) is 5.91 Å². The van der Waals surface area contributed by atoms with Gasteiger partial charge in [0.25, 0.3) is 5.91 Å². The lowest BCUT2D eigenvalue weighted by Gasteiger charge is -2.14. The van der Waals surface area contributed by atoms with Crippen LogP contribution in [0.1, 0.15) is 34.0 Å². The number of carbonyl (C=O) groups is 2. The number of hydrogen-bond acceptors (Lipinski definition) is 5. The van der Waals surface area contributed by atoms with E-state index in [1.54, 1.807) is 31.9 Å². The molecule has 1 amide bonds. The highest BCUT2D eigenvalue weighted by Gasteiger charge is 2.18. The number of methoxy groups -OCH3 is 1. The summed E-state index contributed by atoms with van der Waals surface area (Å²) in [7, 11) is 1.56. The van der Waals surface area contributed by atoms with Crippen LogP contribution >= 0.6 is 11.8 Å². The van der Waals surface area contributed by atoms with Gasteiger partial charge in [-0.3, -0.25) is 4.79 Å². The summed E-state index contributed by atoms with van der Waals surface area (Å²) in [6.45, 7) is 6.52. The maximum atomic E-state index is 12.4. The summed E-state index contributed by atoms with van der Waals surface area (Å²) in [6.07, 6.45) is -0.863. The molecule has 0 saturated carbocycles. The van der Waals surface area contributed by atoms with Crippen LogP contribution in [0.4, 0.5) is 0 Å². The summed E-state index contributed by atoms with van der Waals surface area (Å²) in [5, 5.41) is 2.65. The van der Waals surface area contributed by atoms with Crippen molar-refractivity contribution in [3.8, 4) is 0 Å². The van der Waals surface area contributed by atoms with Gasteiger partial charge in [0.15, 0.2) is 6.10 Å². The fourth-order valence-corrected chi connectivity index (χ4v) is 3.57. The van der Waals surface area contributed by atoms with Crippen molar-refractivity contribution in [3.63, 3.8) is 0 Å². The zero-order chi connectivity index (χ0) is 20.5. The van der Waals surface area contributed by atoms with Gasteiger partial charge in [-0.1, -0.05) is 29.8 Å². The summed E-state index contributed by atoms with van der Waals surface area (Å²) < 4.78 is 10.2. The predicted octanol–water partition coefficient (Wildman–Crippen LogP) is 3.90. The van der Waals surface area contributed by atoms with Gasteiger partial charge in [-0.15, -0.1) is 11.8 Å². The van der Waals surface area contributed by atoms with E-state index in [1.807, 2.05) is 18.2 Å². The molecule has 2 rings (SSSR count). The molecule has 1 N–H and O–H groups in total. The first-order chi connectivity index (χ1) is 13.4. The Morgan fingerprint density at radius 2 is 1.93 bits per heavy atom. The number of hydrogen-bond donors (Lipinski definition) is 1. The summed E-state index contributed by atoms with van der Waals surface area (Å²) in [6, 6.07) is 13.7. The number of carbonyl (C=O) groups excluding carboxylic acids is 2. The molecule has 6 heteroatoms. The van der Waals surface area contributed by atoms with E-state index in [9.17, 15) is 9.59 Å². The van der Waals surface area contributed by atoms with Crippen LogP contribution in [0, 0.1) is 13.8 Å². The molecule has 2 aromatic carbocycles. The Bertz CT molecular complexity index is 822. The van der Waals surface area contributed by atoms with Gasteiger partial charge in [-0.2, -0.15) is 0 Å². The van der Waals surface area contributed by atoms with Gasteiger partial charge in [-0.25, -0.2) is 4.79 Å². The average molecular weight is 402 g/mol. The molecule has 0 aliphatic carbocycles. The van der Waals surface area contributed by atoms with E-state index in [2.05, 4.69) is 37.4 Å². The van der Waals surface area contributed by atoms with Gasteiger partial charge in [-0.05, 0) is 50.1 Å². The first kappa shape index (κ1) is 22.0. The Morgan fingerprint density at radius 1 is 1.14 bits per heavy atom. The van der Waals surface area contributed by atoms with Crippen molar-refractivity contribution in [3.05, 3.63) is 64.7 Å². The third-order valence-corrected chi connectivity index (χ3v) is 5.39. The molecule has 0 unspecified atom stereocenters. The molecule has 150 valence electrons. The molecule has 5 nitrogen and oxygen atoms in total. The van der Waals surface area contributed by atoms with E-state index in [4.69, 9.17) is 9.47 Å². The van der Waals surface area contributed by atoms with Crippen molar-refractivity contribution in [2.45, 2.75) is 37.5 Å².